The summed E-state index contributed by atoms with van der Waals surface area (Å²) in [6.45, 7) is 6.54. The van der Waals surface area contributed by atoms with Crippen LogP contribution in [0, 0.1) is 0 Å². The molecule has 0 amide bonds. The molecular formula is C63H108O6. The van der Waals surface area contributed by atoms with E-state index in [2.05, 4.69) is 106 Å². The van der Waals surface area contributed by atoms with E-state index in [0.29, 0.717) is 19.3 Å². The molecule has 0 rings (SSSR count). The molecule has 0 unspecified atom stereocenters. The first kappa shape index (κ1) is 65.6. The van der Waals surface area contributed by atoms with E-state index in [4.69, 9.17) is 14.2 Å². The summed E-state index contributed by atoms with van der Waals surface area (Å²) < 4.78 is 16.8. The number of carbonyl (C=O) groups is 3. The van der Waals surface area contributed by atoms with Crippen LogP contribution in [-0.4, -0.2) is 37.2 Å². The first-order valence-electron chi connectivity index (χ1n) is 29.1. The number of ether oxygens (including phenoxy) is 3. The van der Waals surface area contributed by atoms with E-state index in [0.717, 1.165) is 70.6 Å². The van der Waals surface area contributed by atoms with Gasteiger partial charge in [0.1, 0.15) is 13.2 Å². The summed E-state index contributed by atoms with van der Waals surface area (Å²) in [6, 6.07) is 0. The molecule has 0 saturated carbocycles. The Hall–Kier alpha value is -3.41. The van der Waals surface area contributed by atoms with Gasteiger partial charge < -0.3 is 14.2 Å². The van der Waals surface area contributed by atoms with Crippen LogP contribution in [0.25, 0.3) is 0 Å². The highest BCUT2D eigenvalue weighted by Gasteiger charge is 2.19. The molecule has 0 bridgehead atoms. The van der Waals surface area contributed by atoms with Crippen LogP contribution in [-0.2, 0) is 28.6 Å². The SMILES string of the molecule is CCCCC/C=C\C/C=C\C/C=C\CCCCC(=O)OC[C@H](COC(=O)CCCCCCCCCCC/C=C\CCCCCCCC)OC(=O)CCC/C=C\C/C=C\C/C=C\CCCCCCCC. The maximum absolute atomic E-state index is 12.8. The van der Waals surface area contributed by atoms with Crippen LogP contribution in [0.1, 0.15) is 278 Å². The van der Waals surface area contributed by atoms with Crippen LogP contribution in [0.15, 0.2) is 85.1 Å². The monoisotopic (exact) mass is 961 g/mol. The van der Waals surface area contributed by atoms with E-state index in [1.165, 1.54) is 161 Å². The van der Waals surface area contributed by atoms with Crippen molar-refractivity contribution in [2.75, 3.05) is 13.2 Å². The molecule has 0 spiro atoms. The lowest BCUT2D eigenvalue weighted by Gasteiger charge is -2.18. The van der Waals surface area contributed by atoms with Gasteiger partial charge in [-0.25, -0.2) is 0 Å². The zero-order valence-electron chi connectivity index (χ0n) is 45.3. The van der Waals surface area contributed by atoms with Crippen molar-refractivity contribution in [3.8, 4) is 0 Å². The van der Waals surface area contributed by atoms with Gasteiger partial charge in [0.15, 0.2) is 6.10 Å². The van der Waals surface area contributed by atoms with Crippen LogP contribution in [0.4, 0.5) is 0 Å². The standard InChI is InChI=1S/C63H108O6/c1-4-7-10-13-16-19-22-25-28-30-31-33-35-38-41-44-47-50-53-56-62(65)68-59-60(58-67-61(64)55-52-49-46-43-40-37-34-27-24-21-18-15-12-9-6-3)69-63(66)57-54-51-48-45-42-39-36-32-29-26-23-20-17-14-11-8-5-2/h18,21,25-29,34,36,39-40,43,45,48,60H,4-17,19-20,22-24,30-33,35,37-38,41-42,44,46-47,49-59H2,1-3H3/b21-18-,28-25-,29-26-,34-27-,39-36-,43-40-,48-45-/t60-/m1/s1. The molecule has 0 N–H and O–H groups in total. The van der Waals surface area contributed by atoms with Crippen molar-refractivity contribution in [3.05, 3.63) is 85.1 Å². The second-order valence-corrected chi connectivity index (χ2v) is 19.2. The Labute approximate surface area is 426 Å². The summed E-state index contributed by atoms with van der Waals surface area (Å²) in [5.41, 5.74) is 0. The van der Waals surface area contributed by atoms with Crippen molar-refractivity contribution < 1.29 is 28.6 Å². The average Bonchev–Trinajstić information content (AvgIpc) is 3.35. The molecule has 6 nitrogen and oxygen atoms in total. The van der Waals surface area contributed by atoms with Crippen LogP contribution in [0.3, 0.4) is 0 Å². The molecular weight excluding hydrogens is 853 g/mol. The van der Waals surface area contributed by atoms with Gasteiger partial charge in [-0.2, -0.15) is 0 Å². The second-order valence-electron chi connectivity index (χ2n) is 19.2. The molecule has 0 heterocycles. The number of allylic oxidation sites excluding steroid dienone is 14. The normalized spacial score (nSPS) is 12.7. The van der Waals surface area contributed by atoms with Gasteiger partial charge in [-0.15, -0.1) is 0 Å². The van der Waals surface area contributed by atoms with E-state index in [-0.39, 0.29) is 37.5 Å². The molecule has 0 aromatic carbocycles. The molecule has 0 fully saturated rings. The highest BCUT2D eigenvalue weighted by Crippen LogP contribution is 2.14. The third-order valence-electron chi connectivity index (χ3n) is 12.3. The number of esters is 3. The second kappa shape index (κ2) is 57.2. The van der Waals surface area contributed by atoms with E-state index in [1.807, 2.05) is 0 Å². The lowest BCUT2D eigenvalue weighted by molar-refractivity contribution is -0.167. The van der Waals surface area contributed by atoms with Gasteiger partial charge in [0.05, 0.1) is 0 Å². The van der Waals surface area contributed by atoms with Gasteiger partial charge in [0.2, 0.25) is 0 Å². The Balaban J connectivity index is 4.49. The minimum absolute atomic E-state index is 0.109. The van der Waals surface area contributed by atoms with Crippen LogP contribution >= 0.6 is 0 Å². The van der Waals surface area contributed by atoms with Crippen molar-refractivity contribution in [1.29, 1.82) is 0 Å². The van der Waals surface area contributed by atoms with Gasteiger partial charge in [0.25, 0.3) is 0 Å². The van der Waals surface area contributed by atoms with Gasteiger partial charge in [-0.1, -0.05) is 228 Å². The maximum Gasteiger partial charge on any atom is 0.306 e. The molecule has 0 saturated heterocycles. The van der Waals surface area contributed by atoms with E-state index < -0.39 is 6.10 Å². The molecule has 0 radical (unpaired) electrons. The van der Waals surface area contributed by atoms with Crippen LogP contribution in [0.2, 0.25) is 0 Å². The lowest BCUT2D eigenvalue weighted by atomic mass is 10.1. The molecule has 1 atom stereocenters. The van der Waals surface area contributed by atoms with Gasteiger partial charge >= 0.3 is 17.9 Å². The number of carbonyl (C=O) groups excluding carboxylic acids is 3. The smallest absolute Gasteiger partial charge is 0.306 e. The number of hydrogen-bond acceptors (Lipinski definition) is 6. The number of unbranched alkanes of at least 4 members (excludes halogenated alkanes) is 27. The molecule has 6 heteroatoms. The van der Waals surface area contributed by atoms with Gasteiger partial charge in [-0.3, -0.25) is 14.4 Å². The summed E-state index contributed by atoms with van der Waals surface area (Å²) in [5.74, 6) is -0.999. The Morgan fingerprint density at radius 3 is 0.928 bits per heavy atom. The molecule has 0 aliphatic rings. The molecule has 0 aromatic heterocycles. The molecule has 0 aliphatic heterocycles. The highest BCUT2D eigenvalue weighted by atomic mass is 16.6. The Bertz CT molecular complexity index is 1330. The van der Waals surface area contributed by atoms with Crippen molar-refractivity contribution in [3.63, 3.8) is 0 Å². The highest BCUT2D eigenvalue weighted by molar-refractivity contribution is 5.71. The fourth-order valence-corrected chi connectivity index (χ4v) is 7.93. The molecule has 0 aliphatic carbocycles. The third kappa shape index (κ3) is 55.4. The molecule has 0 aromatic rings. The minimum Gasteiger partial charge on any atom is -0.462 e. The number of hydrogen-bond donors (Lipinski definition) is 0. The predicted octanol–water partition coefficient (Wildman–Crippen LogP) is 19.5. The van der Waals surface area contributed by atoms with Crippen LogP contribution < -0.4 is 0 Å². The summed E-state index contributed by atoms with van der Waals surface area (Å²) in [4.78, 5) is 38.1. The zero-order chi connectivity index (χ0) is 50.0. The summed E-state index contributed by atoms with van der Waals surface area (Å²) in [6.07, 6.45) is 74.4. The lowest BCUT2D eigenvalue weighted by Crippen LogP contribution is -2.30. The zero-order valence-corrected chi connectivity index (χ0v) is 45.3. The van der Waals surface area contributed by atoms with Gasteiger partial charge in [0, 0.05) is 19.3 Å². The van der Waals surface area contributed by atoms with Crippen molar-refractivity contribution in [2.45, 2.75) is 284 Å². The maximum atomic E-state index is 12.8. The first-order chi connectivity index (χ1) is 34.0. The predicted molar refractivity (Wildman–Crippen MR) is 297 cm³/mol. The minimum atomic E-state index is -0.820. The van der Waals surface area contributed by atoms with Crippen molar-refractivity contribution in [1.82, 2.24) is 0 Å². The Morgan fingerprint density at radius 2 is 0.536 bits per heavy atom. The Kier molecular flexibility index (Phi) is 54.3. The summed E-state index contributed by atoms with van der Waals surface area (Å²) in [7, 11) is 0. The Morgan fingerprint density at radius 1 is 0.290 bits per heavy atom. The van der Waals surface area contributed by atoms with E-state index in [1.54, 1.807) is 0 Å². The number of rotatable bonds is 52. The average molecular weight is 962 g/mol. The summed E-state index contributed by atoms with van der Waals surface area (Å²) >= 11 is 0. The quantitative estimate of drug-likeness (QED) is 0.0262. The first-order valence-corrected chi connectivity index (χ1v) is 29.1. The third-order valence-corrected chi connectivity index (χ3v) is 12.3. The van der Waals surface area contributed by atoms with E-state index in [9.17, 15) is 14.4 Å². The fourth-order valence-electron chi connectivity index (χ4n) is 7.93. The van der Waals surface area contributed by atoms with Crippen molar-refractivity contribution in [2.24, 2.45) is 0 Å². The largest absolute Gasteiger partial charge is 0.462 e. The molecule has 396 valence electrons. The van der Waals surface area contributed by atoms with Gasteiger partial charge in [-0.05, 0) is 116 Å². The van der Waals surface area contributed by atoms with Crippen molar-refractivity contribution >= 4 is 17.9 Å². The topological polar surface area (TPSA) is 78.9 Å². The molecule has 69 heavy (non-hydrogen) atoms. The van der Waals surface area contributed by atoms with E-state index >= 15 is 0 Å². The fraction of sp³-hybridized carbons (Fsp3) is 0.730. The summed E-state index contributed by atoms with van der Waals surface area (Å²) in [5, 5.41) is 0. The van der Waals surface area contributed by atoms with Crippen LogP contribution in [0.5, 0.6) is 0 Å².